The summed E-state index contributed by atoms with van der Waals surface area (Å²) in [4.78, 5) is 26.8. The average Bonchev–Trinajstić information content (AvgIpc) is 2.30. The highest BCUT2D eigenvalue weighted by Crippen LogP contribution is 2.15. The van der Waals surface area contributed by atoms with Gasteiger partial charge in [-0.15, -0.1) is 0 Å². The average molecular weight is 239 g/mol. The largest absolute Gasteiger partial charge is 0.305 e. The molecule has 2 heterocycles. The summed E-state index contributed by atoms with van der Waals surface area (Å²) in [5.74, 6) is -0.136. The highest BCUT2D eigenvalue weighted by Gasteiger charge is 2.33. The first-order chi connectivity index (χ1) is 8.08. The number of carbonyl (C=O) groups excluding carboxylic acids is 2. The van der Waals surface area contributed by atoms with Crippen LogP contribution in [0.15, 0.2) is 0 Å². The second-order valence-corrected chi connectivity index (χ2v) is 5.15. The second-order valence-electron chi connectivity index (χ2n) is 5.15. The Morgan fingerprint density at radius 3 is 2.71 bits per heavy atom. The van der Waals surface area contributed by atoms with Gasteiger partial charge in [0.2, 0.25) is 11.8 Å². The number of hydrogen-bond donors (Lipinski definition) is 1. The fourth-order valence-electron chi connectivity index (χ4n) is 2.66. The highest BCUT2D eigenvalue weighted by molar-refractivity contribution is 6.00. The molecule has 0 saturated carbocycles. The first kappa shape index (κ1) is 12.5. The lowest BCUT2D eigenvalue weighted by Crippen LogP contribution is -2.56. The standard InChI is InChI=1S/C12H21N3O2/c1-14-7-3-4-9(8-14)13-10-5-6-11(16)15(2)12(10)17/h9-10,13H,3-8H2,1-2H3. The molecule has 2 atom stereocenters. The van der Waals surface area contributed by atoms with E-state index >= 15 is 0 Å². The van der Waals surface area contributed by atoms with Crippen molar-refractivity contribution in [3.8, 4) is 0 Å². The summed E-state index contributed by atoms with van der Waals surface area (Å²) >= 11 is 0. The molecule has 0 aromatic heterocycles. The van der Waals surface area contributed by atoms with Gasteiger partial charge in [0.15, 0.2) is 0 Å². The van der Waals surface area contributed by atoms with Gasteiger partial charge < -0.3 is 10.2 Å². The fraction of sp³-hybridized carbons (Fsp3) is 0.833. The lowest BCUT2D eigenvalue weighted by molar-refractivity contribution is -0.148. The summed E-state index contributed by atoms with van der Waals surface area (Å²) in [6.45, 7) is 2.12. The Labute approximate surface area is 102 Å². The maximum Gasteiger partial charge on any atom is 0.246 e. The van der Waals surface area contributed by atoms with Crippen molar-refractivity contribution < 1.29 is 9.59 Å². The third-order valence-corrected chi connectivity index (χ3v) is 3.71. The minimum atomic E-state index is -0.172. The van der Waals surface area contributed by atoms with Gasteiger partial charge in [0.1, 0.15) is 0 Å². The number of likely N-dealkylation sites (tertiary alicyclic amines) is 2. The van der Waals surface area contributed by atoms with Crippen LogP contribution in [0, 0.1) is 0 Å². The molecule has 2 unspecified atom stereocenters. The van der Waals surface area contributed by atoms with Crippen molar-refractivity contribution in [2.75, 3.05) is 27.2 Å². The molecular formula is C12H21N3O2. The molecule has 0 aromatic rings. The summed E-state index contributed by atoms with van der Waals surface area (Å²) in [7, 11) is 3.68. The third kappa shape index (κ3) is 2.84. The summed E-state index contributed by atoms with van der Waals surface area (Å²) in [6, 6.07) is 0.207. The number of carbonyl (C=O) groups is 2. The van der Waals surface area contributed by atoms with Crippen LogP contribution in [-0.4, -0.2) is 60.9 Å². The molecule has 0 bridgehead atoms. The molecule has 1 N–H and O–H groups in total. The molecule has 5 heteroatoms. The number of imide groups is 1. The molecule has 96 valence electrons. The van der Waals surface area contributed by atoms with E-state index in [1.54, 1.807) is 7.05 Å². The Morgan fingerprint density at radius 1 is 1.24 bits per heavy atom. The Balaban J connectivity index is 1.90. The van der Waals surface area contributed by atoms with Gasteiger partial charge in [-0.05, 0) is 32.9 Å². The Hall–Kier alpha value is -0.940. The number of amides is 2. The van der Waals surface area contributed by atoms with E-state index in [9.17, 15) is 9.59 Å². The predicted molar refractivity (Wildman–Crippen MR) is 64.5 cm³/mol. The summed E-state index contributed by atoms with van der Waals surface area (Å²) in [5.41, 5.74) is 0. The van der Waals surface area contributed by atoms with Crippen molar-refractivity contribution >= 4 is 11.8 Å². The van der Waals surface area contributed by atoms with Gasteiger partial charge in [0, 0.05) is 26.1 Å². The van der Waals surface area contributed by atoms with E-state index in [0.717, 1.165) is 19.5 Å². The van der Waals surface area contributed by atoms with E-state index in [0.29, 0.717) is 18.9 Å². The SMILES string of the molecule is CN1CCCC(NC2CCC(=O)N(C)C2=O)C1. The van der Waals surface area contributed by atoms with Crippen LogP contribution in [0.25, 0.3) is 0 Å². The van der Waals surface area contributed by atoms with Crippen LogP contribution < -0.4 is 5.32 Å². The van der Waals surface area contributed by atoms with Gasteiger partial charge in [-0.2, -0.15) is 0 Å². The van der Waals surface area contributed by atoms with Crippen LogP contribution in [0.1, 0.15) is 25.7 Å². The first-order valence-electron chi connectivity index (χ1n) is 6.33. The summed E-state index contributed by atoms with van der Waals surface area (Å²) in [5, 5.41) is 3.40. The smallest absolute Gasteiger partial charge is 0.246 e. The molecule has 2 saturated heterocycles. The molecule has 2 aliphatic rings. The monoisotopic (exact) mass is 239 g/mol. The molecule has 0 radical (unpaired) electrons. The number of piperidine rings is 2. The molecular weight excluding hydrogens is 218 g/mol. The van der Waals surface area contributed by atoms with Crippen molar-refractivity contribution in [3.05, 3.63) is 0 Å². The predicted octanol–water partition coefficient (Wildman–Crippen LogP) is -0.182. The number of hydrogen-bond acceptors (Lipinski definition) is 4. The lowest BCUT2D eigenvalue weighted by atomic mass is 10.0. The van der Waals surface area contributed by atoms with Crippen LogP contribution in [0.4, 0.5) is 0 Å². The fourth-order valence-corrected chi connectivity index (χ4v) is 2.66. The zero-order valence-electron chi connectivity index (χ0n) is 10.6. The summed E-state index contributed by atoms with van der Waals surface area (Å²) < 4.78 is 0. The van der Waals surface area contributed by atoms with Crippen LogP contribution in [0.3, 0.4) is 0 Å². The van der Waals surface area contributed by atoms with Gasteiger partial charge in [0.05, 0.1) is 6.04 Å². The minimum absolute atomic E-state index is 0.0613. The van der Waals surface area contributed by atoms with Crippen LogP contribution in [-0.2, 0) is 9.59 Å². The molecule has 5 nitrogen and oxygen atoms in total. The molecule has 0 spiro atoms. The molecule has 2 fully saturated rings. The van der Waals surface area contributed by atoms with Crippen LogP contribution in [0.2, 0.25) is 0 Å². The van der Waals surface area contributed by atoms with Crippen molar-refractivity contribution in [1.82, 2.24) is 15.1 Å². The topological polar surface area (TPSA) is 52.7 Å². The van der Waals surface area contributed by atoms with E-state index in [4.69, 9.17) is 0 Å². The third-order valence-electron chi connectivity index (χ3n) is 3.71. The van der Waals surface area contributed by atoms with Gasteiger partial charge in [-0.1, -0.05) is 0 Å². The van der Waals surface area contributed by atoms with E-state index in [1.807, 2.05) is 0 Å². The van der Waals surface area contributed by atoms with Gasteiger partial charge >= 0.3 is 0 Å². The van der Waals surface area contributed by atoms with E-state index in [-0.39, 0.29) is 17.9 Å². The number of nitrogens with one attached hydrogen (secondary N) is 1. The van der Waals surface area contributed by atoms with E-state index < -0.39 is 0 Å². The highest BCUT2D eigenvalue weighted by atomic mass is 16.2. The number of likely N-dealkylation sites (N-methyl/N-ethyl adjacent to an activating group) is 2. The first-order valence-corrected chi connectivity index (χ1v) is 6.33. The molecule has 2 rings (SSSR count). The lowest BCUT2D eigenvalue weighted by Gasteiger charge is -2.35. The number of rotatable bonds is 2. The quantitative estimate of drug-likeness (QED) is 0.679. The van der Waals surface area contributed by atoms with Crippen LogP contribution >= 0.6 is 0 Å². The number of nitrogens with zero attached hydrogens (tertiary/aromatic N) is 2. The van der Waals surface area contributed by atoms with Crippen molar-refractivity contribution in [2.45, 2.75) is 37.8 Å². The van der Waals surface area contributed by atoms with Crippen molar-refractivity contribution in [1.29, 1.82) is 0 Å². The molecule has 17 heavy (non-hydrogen) atoms. The Morgan fingerprint density at radius 2 is 2.00 bits per heavy atom. The van der Waals surface area contributed by atoms with E-state index in [1.165, 1.54) is 11.3 Å². The molecule has 2 aliphatic heterocycles. The molecule has 2 amide bonds. The molecule has 0 aromatic carbocycles. The Kier molecular flexibility index (Phi) is 3.79. The normalized spacial score (nSPS) is 32.0. The van der Waals surface area contributed by atoms with Crippen molar-refractivity contribution in [3.63, 3.8) is 0 Å². The zero-order chi connectivity index (χ0) is 12.4. The van der Waals surface area contributed by atoms with Gasteiger partial charge in [0.25, 0.3) is 0 Å². The maximum atomic E-state index is 11.9. The zero-order valence-corrected chi connectivity index (χ0v) is 10.6. The maximum absolute atomic E-state index is 11.9. The van der Waals surface area contributed by atoms with Gasteiger partial charge in [-0.25, -0.2) is 0 Å². The van der Waals surface area contributed by atoms with E-state index in [2.05, 4.69) is 17.3 Å². The summed E-state index contributed by atoms with van der Waals surface area (Å²) in [6.07, 6.45) is 3.40. The van der Waals surface area contributed by atoms with Crippen LogP contribution in [0.5, 0.6) is 0 Å². The minimum Gasteiger partial charge on any atom is -0.305 e. The van der Waals surface area contributed by atoms with Crippen molar-refractivity contribution in [2.24, 2.45) is 0 Å². The van der Waals surface area contributed by atoms with Gasteiger partial charge in [-0.3, -0.25) is 14.5 Å². The Bertz CT molecular complexity index is 319. The second kappa shape index (κ2) is 5.14. The molecule has 0 aliphatic carbocycles.